The minimum absolute atomic E-state index is 0.856. The van der Waals surface area contributed by atoms with E-state index in [9.17, 15) is 0 Å². The summed E-state index contributed by atoms with van der Waals surface area (Å²) in [4.78, 5) is 1.53. The number of aryl methyl sites for hydroxylation is 1. The van der Waals surface area contributed by atoms with Gasteiger partial charge in [-0.1, -0.05) is 26.3 Å². The van der Waals surface area contributed by atoms with Crippen LogP contribution in [0.3, 0.4) is 0 Å². The first-order valence-electron chi connectivity index (χ1n) is 4.31. The molecule has 0 saturated carbocycles. The molecule has 0 radical (unpaired) electrons. The molecular formula is C10H16S. The Morgan fingerprint density at radius 3 is 2.82 bits per heavy atom. The molecule has 62 valence electrons. The van der Waals surface area contributed by atoms with E-state index in [0.717, 1.165) is 5.92 Å². The predicted molar refractivity (Wildman–Crippen MR) is 52.1 cm³/mol. The Hall–Kier alpha value is -0.300. The molecule has 1 heterocycles. The minimum Gasteiger partial charge on any atom is -0.149 e. The molecule has 1 rings (SSSR count). The highest BCUT2D eigenvalue weighted by atomic mass is 32.1. The molecular weight excluding hydrogens is 152 g/mol. The zero-order valence-electron chi connectivity index (χ0n) is 7.34. The lowest BCUT2D eigenvalue weighted by molar-refractivity contribution is 0.557. The Morgan fingerprint density at radius 2 is 2.27 bits per heavy atom. The van der Waals surface area contributed by atoms with Crippen LogP contribution in [0.25, 0.3) is 0 Å². The molecule has 0 aliphatic rings. The maximum absolute atomic E-state index is 2.29. The van der Waals surface area contributed by atoms with Crippen molar-refractivity contribution in [3.8, 4) is 0 Å². The average molecular weight is 168 g/mol. The standard InChI is InChI=1S/C10H16S/c1-9(2)5-3-6-10-7-4-8-11-10/h4,7-9H,3,5-6H2,1-2H3. The number of thiophene rings is 1. The molecule has 0 fully saturated rings. The van der Waals surface area contributed by atoms with Crippen LogP contribution in [0.1, 0.15) is 31.6 Å². The lowest BCUT2D eigenvalue weighted by atomic mass is 10.1. The lowest BCUT2D eigenvalue weighted by Gasteiger charge is -2.01. The summed E-state index contributed by atoms with van der Waals surface area (Å²) in [6, 6.07) is 4.36. The van der Waals surface area contributed by atoms with Crippen LogP contribution in [0.2, 0.25) is 0 Å². The van der Waals surface area contributed by atoms with Gasteiger partial charge < -0.3 is 0 Å². The SMILES string of the molecule is CC(C)CCCc1cccs1. The molecule has 0 saturated heterocycles. The van der Waals surface area contributed by atoms with Crippen molar-refractivity contribution in [1.82, 2.24) is 0 Å². The van der Waals surface area contributed by atoms with Gasteiger partial charge in [0.1, 0.15) is 0 Å². The molecule has 0 aliphatic carbocycles. The summed E-state index contributed by atoms with van der Waals surface area (Å²) in [6.45, 7) is 4.57. The Kier molecular flexibility index (Phi) is 3.64. The monoisotopic (exact) mass is 168 g/mol. The van der Waals surface area contributed by atoms with Crippen LogP contribution in [-0.4, -0.2) is 0 Å². The summed E-state index contributed by atoms with van der Waals surface area (Å²) in [6.07, 6.45) is 3.98. The number of rotatable bonds is 4. The summed E-state index contributed by atoms with van der Waals surface area (Å²) in [5, 5.41) is 2.16. The maximum Gasteiger partial charge on any atom is 0.00452 e. The van der Waals surface area contributed by atoms with Crippen molar-refractivity contribution in [2.75, 3.05) is 0 Å². The number of hydrogen-bond acceptors (Lipinski definition) is 1. The van der Waals surface area contributed by atoms with E-state index >= 15 is 0 Å². The summed E-state index contributed by atoms with van der Waals surface area (Å²) in [7, 11) is 0. The van der Waals surface area contributed by atoms with Crippen molar-refractivity contribution < 1.29 is 0 Å². The lowest BCUT2D eigenvalue weighted by Crippen LogP contribution is -1.88. The predicted octanol–water partition coefficient (Wildman–Crippen LogP) is 3.73. The molecule has 1 aromatic heterocycles. The summed E-state index contributed by atoms with van der Waals surface area (Å²) in [5.74, 6) is 0.856. The quantitative estimate of drug-likeness (QED) is 0.642. The highest BCUT2D eigenvalue weighted by molar-refractivity contribution is 7.09. The molecule has 11 heavy (non-hydrogen) atoms. The fourth-order valence-electron chi connectivity index (χ4n) is 1.14. The van der Waals surface area contributed by atoms with Gasteiger partial charge in [-0.3, -0.25) is 0 Å². The second-order valence-corrected chi connectivity index (χ2v) is 4.40. The van der Waals surface area contributed by atoms with Crippen molar-refractivity contribution in [2.45, 2.75) is 33.1 Å². The summed E-state index contributed by atoms with van der Waals surface area (Å²) in [5.41, 5.74) is 0. The van der Waals surface area contributed by atoms with E-state index in [2.05, 4.69) is 31.4 Å². The van der Waals surface area contributed by atoms with Crippen molar-refractivity contribution in [3.05, 3.63) is 22.4 Å². The van der Waals surface area contributed by atoms with E-state index in [1.807, 2.05) is 11.3 Å². The molecule has 0 unspecified atom stereocenters. The van der Waals surface area contributed by atoms with Crippen LogP contribution in [0.5, 0.6) is 0 Å². The van der Waals surface area contributed by atoms with Crippen molar-refractivity contribution in [2.24, 2.45) is 5.92 Å². The molecule has 0 nitrogen and oxygen atoms in total. The second-order valence-electron chi connectivity index (χ2n) is 3.37. The van der Waals surface area contributed by atoms with E-state index in [-0.39, 0.29) is 0 Å². The summed E-state index contributed by atoms with van der Waals surface area (Å²) < 4.78 is 0. The van der Waals surface area contributed by atoms with E-state index in [0.29, 0.717) is 0 Å². The molecule has 0 N–H and O–H groups in total. The third-order valence-corrected chi connectivity index (χ3v) is 2.72. The molecule has 0 atom stereocenters. The van der Waals surface area contributed by atoms with E-state index in [1.165, 1.54) is 24.1 Å². The van der Waals surface area contributed by atoms with E-state index in [1.54, 1.807) is 0 Å². The molecule has 0 bridgehead atoms. The molecule has 1 aromatic rings. The van der Waals surface area contributed by atoms with Gasteiger partial charge in [0.05, 0.1) is 0 Å². The van der Waals surface area contributed by atoms with Crippen LogP contribution in [-0.2, 0) is 6.42 Å². The molecule has 1 heteroatoms. The molecule has 0 amide bonds. The van der Waals surface area contributed by atoms with Crippen molar-refractivity contribution in [1.29, 1.82) is 0 Å². The highest BCUT2D eigenvalue weighted by Crippen LogP contribution is 2.13. The van der Waals surface area contributed by atoms with Gasteiger partial charge in [0.2, 0.25) is 0 Å². The Labute approximate surface area is 73.3 Å². The van der Waals surface area contributed by atoms with Crippen LogP contribution in [0.15, 0.2) is 17.5 Å². The number of hydrogen-bond donors (Lipinski definition) is 0. The second kappa shape index (κ2) is 4.55. The van der Waals surface area contributed by atoms with Gasteiger partial charge in [0, 0.05) is 4.88 Å². The van der Waals surface area contributed by atoms with Gasteiger partial charge in [-0.05, 0) is 30.2 Å². The third kappa shape index (κ3) is 3.57. The Morgan fingerprint density at radius 1 is 1.45 bits per heavy atom. The van der Waals surface area contributed by atoms with Gasteiger partial charge in [-0.25, -0.2) is 0 Å². The van der Waals surface area contributed by atoms with Crippen molar-refractivity contribution in [3.63, 3.8) is 0 Å². The summed E-state index contributed by atoms with van der Waals surface area (Å²) >= 11 is 1.87. The molecule has 0 aromatic carbocycles. The molecule has 0 spiro atoms. The first-order chi connectivity index (χ1) is 5.29. The van der Waals surface area contributed by atoms with Gasteiger partial charge in [0.25, 0.3) is 0 Å². The zero-order valence-corrected chi connectivity index (χ0v) is 8.16. The Bertz CT molecular complexity index is 175. The van der Waals surface area contributed by atoms with Crippen LogP contribution in [0.4, 0.5) is 0 Å². The highest BCUT2D eigenvalue weighted by Gasteiger charge is 1.95. The van der Waals surface area contributed by atoms with Gasteiger partial charge in [-0.15, -0.1) is 11.3 Å². The Balaban J connectivity index is 2.14. The average Bonchev–Trinajstić information content (AvgIpc) is 2.39. The van der Waals surface area contributed by atoms with Crippen LogP contribution in [0, 0.1) is 5.92 Å². The third-order valence-electron chi connectivity index (χ3n) is 1.78. The van der Waals surface area contributed by atoms with Crippen molar-refractivity contribution >= 4 is 11.3 Å². The van der Waals surface area contributed by atoms with Gasteiger partial charge in [0.15, 0.2) is 0 Å². The first kappa shape index (κ1) is 8.79. The fraction of sp³-hybridized carbons (Fsp3) is 0.600. The topological polar surface area (TPSA) is 0 Å². The van der Waals surface area contributed by atoms with Crippen LogP contribution < -0.4 is 0 Å². The normalized spacial score (nSPS) is 10.8. The largest absolute Gasteiger partial charge is 0.149 e. The van der Waals surface area contributed by atoms with E-state index < -0.39 is 0 Å². The van der Waals surface area contributed by atoms with Gasteiger partial charge >= 0.3 is 0 Å². The minimum atomic E-state index is 0.856. The first-order valence-corrected chi connectivity index (χ1v) is 5.19. The molecule has 0 aliphatic heterocycles. The van der Waals surface area contributed by atoms with E-state index in [4.69, 9.17) is 0 Å². The fourth-order valence-corrected chi connectivity index (χ4v) is 1.89. The zero-order chi connectivity index (χ0) is 8.10. The maximum atomic E-state index is 2.29. The smallest absolute Gasteiger partial charge is 0.00452 e. The van der Waals surface area contributed by atoms with Gasteiger partial charge in [-0.2, -0.15) is 0 Å². The van der Waals surface area contributed by atoms with Crippen LogP contribution >= 0.6 is 11.3 Å².